The van der Waals surface area contributed by atoms with E-state index in [9.17, 15) is 14.9 Å². The fourth-order valence-corrected chi connectivity index (χ4v) is 3.63. The smallest absolute Gasteiger partial charge is 0.289 e. The summed E-state index contributed by atoms with van der Waals surface area (Å²) in [5.41, 5.74) is 12.0. The van der Waals surface area contributed by atoms with Gasteiger partial charge in [-0.15, -0.1) is 0 Å². The molecule has 148 valence electrons. The van der Waals surface area contributed by atoms with Crippen LogP contribution in [0.5, 0.6) is 0 Å². The van der Waals surface area contributed by atoms with E-state index in [0.717, 1.165) is 11.8 Å². The molecule has 0 unspecified atom stereocenters. The SMILES string of the molecule is Nc1cc(N)nc(S[C@H](C(=O)Nc2ccc(Cl)c([N+](=O)[O-])c2)c2ccccc2)n1. The first-order valence-corrected chi connectivity index (χ1v) is 9.45. The normalized spacial score (nSPS) is 11.6. The summed E-state index contributed by atoms with van der Waals surface area (Å²) in [7, 11) is 0. The quantitative estimate of drug-likeness (QED) is 0.232. The average molecular weight is 431 g/mol. The van der Waals surface area contributed by atoms with E-state index in [4.69, 9.17) is 23.1 Å². The van der Waals surface area contributed by atoms with Crippen LogP contribution in [-0.2, 0) is 4.79 Å². The van der Waals surface area contributed by atoms with Crippen LogP contribution in [0.15, 0.2) is 59.8 Å². The first-order valence-electron chi connectivity index (χ1n) is 8.20. The lowest BCUT2D eigenvalue weighted by Crippen LogP contribution is -2.19. The molecule has 0 saturated carbocycles. The molecule has 0 aliphatic carbocycles. The maximum Gasteiger partial charge on any atom is 0.289 e. The number of halogens is 1. The van der Waals surface area contributed by atoms with Gasteiger partial charge in [-0.25, -0.2) is 9.97 Å². The highest BCUT2D eigenvalue weighted by Crippen LogP contribution is 2.36. The van der Waals surface area contributed by atoms with Gasteiger partial charge in [0.2, 0.25) is 5.91 Å². The first kappa shape index (κ1) is 20.4. The van der Waals surface area contributed by atoms with Crippen molar-refractivity contribution in [3.8, 4) is 0 Å². The lowest BCUT2D eigenvalue weighted by Gasteiger charge is -2.16. The Kier molecular flexibility index (Phi) is 6.15. The van der Waals surface area contributed by atoms with Crippen molar-refractivity contribution in [1.82, 2.24) is 9.97 Å². The highest BCUT2D eigenvalue weighted by Gasteiger charge is 2.25. The molecule has 3 aromatic rings. The van der Waals surface area contributed by atoms with Gasteiger partial charge in [-0.1, -0.05) is 53.7 Å². The topological polar surface area (TPSA) is 150 Å². The van der Waals surface area contributed by atoms with Crippen LogP contribution >= 0.6 is 23.4 Å². The monoisotopic (exact) mass is 430 g/mol. The number of aromatic nitrogens is 2. The van der Waals surface area contributed by atoms with E-state index >= 15 is 0 Å². The molecule has 1 atom stereocenters. The van der Waals surface area contributed by atoms with Crippen molar-refractivity contribution in [1.29, 1.82) is 0 Å². The molecule has 1 heterocycles. The van der Waals surface area contributed by atoms with Crippen molar-refractivity contribution in [2.45, 2.75) is 10.4 Å². The van der Waals surface area contributed by atoms with Crippen LogP contribution in [0.25, 0.3) is 0 Å². The summed E-state index contributed by atoms with van der Waals surface area (Å²) in [4.78, 5) is 31.7. The molecule has 0 aliphatic heterocycles. The number of carbonyl (C=O) groups is 1. The molecule has 0 aliphatic rings. The van der Waals surface area contributed by atoms with Crippen molar-refractivity contribution in [3.63, 3.8) is 0 Å². The molecule has 11 heteroatoms. The van der Waals surface area contributed by atoms with Gasteiger partial charge >= 0.3 is 0 Å². The predicted octanol–water partition coefficient (Wildman–Crippen LogP) is 3.67. The zero-order valence-electron chi connectivity index (χ0n) is 14.8. The van der Waals surface area contributed by atoms with Gasteiger partial charge in [0.1, 0.15) is 21.9 Å². The molecule has 1 aromatic heterocycles. The van der Waals surface area contributed by atoms with Gasteiger partial charge < -0.3 is 16.8 Å². The number of nitrogens with one attached hydrogen (secondary N) is 1. The number of hydrogen-bond donors (Lipinski definition) is 3. The van der Waals surface area contributed by atoms with E-state index in [-0.39, 0.29) is 33.2 Å². The van der Waals surface area contributed by atoms with Crippen molar-refractivity contribution < 1.29 is 9.72 Å². The molecule has 0 radical (unpaired) electrons. The summed E-state index contributed by atoms with van der Waals surface area (Å²) < 4.78 is 0. The fraction of sp³-hybridized carbons (Fsp3) is 0.0556. The van der Waals surface area contributed by atoms with Crippen molar-refractivity contribution in [2.24, 2.45) is 0 Å². The second-order valence-electron chi connectivity index (χ2n) is 5.82. The van der Waals surface area contributed by atoms with Crippen molar-refractivity contribution in [2.75, 3.05) is 16.8 Å². The van der Waals surface area contributed by atoms with E-state index in [1.165, 1.54) is 24.3 Å². The lowest BCUT2D eigenvalue weighted by atomic mass is 10.1. The summed E-state index contributed by atoms with van der Waals surface area (Å²) in [6.45, 7) is 0. The van der Waals surface area contributed by atoms with Gasteiger partial charge in [-0.2, -0.15) is 0 Å². The number of carbonyl (C=O) groups excluding carboxylic acids is 1. The summed E-state index contributed by atoms with van der Waals surface area (Å²) in [6.07, 6.45) is 0. The van der Waals surface area contributed by atoms with Crippen LogP contribution in [-0.4, -0.2) is 20.8 Å². The van der Waals surface area contributed by atoms with Crippen LogP contribution in [0.1, 0.15) is 10.8 Å². The fourth-order valence-electron chi connectivity index (χ4n) is 2.46. The van der Waals surface area contributed by atoms with Crippen LogP contribution in [0.2, 0.25) is 5.02 Å². The van der Waals surface area contributed by atoms with Gasteiger partial charge in [0, 0.05) is 17.8 Å². The van der Waals surface area contributed by atoms with E-state index in [2.05, 4.69) is 15.3 Å². The molecule has 29 heavy (non-hydrogen) atoms. The number of thioether (sulfide) groups is 1. The zero-order valence-corrected chi connectivity index (χ0v) is 16.4. The number of hydrogen-bond acceptors (Lipinski definition) is 8. The summed E-state index contributed by atoms with van der Waals surface area (Å²) in [6, 6.07) is 14.4. The third-order valence-corrected chi connectivity index (χ3v) is 5.15. The van der Waals surface area contributed by atoms with E-state index in [1.54, 1.807) is 24.3 Å². The van der Waals surface area contributed by atoms with Crippen LogP contribution < -0.4 is 16.8 Å². The molecule has 0 spiro atoms. The average Bonchev–Trinajstić information content (AvgIpc) is 2.67. The zero-order chi connectivity index (χ0) is 21.0. The number of nitrogens with zero attached hydrogens (tertiary/aromatic N) is 3. The number of rotatable bonds is 6. The molecule has 0 fully saturated rings. The maximum absolute atomic E-state index is 13.0. The number of nitro groups is 1. The molecular formula is C18H15ClN6O3S. The minimum absolute atomic E-state index is 0.0226. The molecule has 2 aromatic carbocycles. The summed E-state index contributed by atoms with van der Waals surface area (Å²) in [5.74, 6) is -0.0662. The highest BCUT2D eigenvalue weighted by atomic mass is 35.5. The Morgan fingerprint density at radius 2 is 1.76 bits per heavy atom. The standard InChI is InChI=1S/C18H15ClN6O3S/c19-12-7-6-11(8-13(12)25(27)28)22-17(26)16(10-4-2-1-3-5-10)29-18-23-14(20)9-15(21)24-18/h1-9,16H,(H,22,26)(H4,20,21,23,24)/t16-/m0/s1. The molecular weight excluding hydrogens is 416 g/mol. The van der Waals surface area contributed by atoms with Gasteiger partial charge in [0.25, 0.3) is 5.69 Å². The van der Waals surface area contributed by atoms with Gasteiger partial charge in [-0.05, 0) is 17.7 Å². The van der Waals surface area contributed by atoms with Gasteiger partial charge in [0.05, 0.1) is 4.92 Å². The van der Waals surface area contributed by atoms with E-state index < -0.39 is 16.1 Å². The Morgan fingerprint density at radius 1 is 1.10 bits per heavy atom. The van der Waals surface area contributed by atoms with Crippen molar-refractivity contribution >= 4 is 52.3 Å². The van der Waals surface area contributed by atoms with E-state index in [1.807, 2.05) is 6.07 Å². The lowest BCUT2D eigenvalue weighted by molar-refractivity contribution is -0.384. The Bertz CT molecular complexity index is 1050. The Morgan fingerprint density at radius 3 is 2.38 bits per heavy atom. The van der Waals surface area contributed by atoms with Crippen LogP contribution in [0.4, 0.5) is 23.0 Å². The third kappa shape index (κ3) is 5.12. The Balaban J connectivity index is 1.91. The molecule has 0 saturated heterocycles. The van der Waals surface area contributed by atoms with E-state index in [0.29, 0.717) is 5.56 Å². The Hall–Kier alpha value is -3.37. The predicted molar refractivity (Wildman–Crippen MR) is 113 cm³/mol. The second-order valence-corrected chi connectivity index (χ2v) is 7.30. The number of nitrogens with two attached hydrogens (primary N) is 2. The van der Waals surface area contributed by atoms with Crippen molar-refractivity contribution in [3.05, 3.63) is 75.3 Å². The number of benzene rings is 2. The largest absolute Gasteiger partial charge is 0.383 e. The highest BCUT2D eigenvalue weighted by molar-refractivity contribution is 8.00. The van der Waals surface area contributed by atoms with Crippen LogP contribution in [0.3, 0.4) is 0 Å². The molecule has 9 nitrogen and oxygen atoms in total. The number of anilines is 3. The maximum atomic E-state index is 13.0. The number of nitrogen functional groups attached to an aromatic ring is 2. The minimum Gasteiger partial charge on any atom is -0.383 e. The summed E-state index contributed by atoms with van der Waals surface area (Å²) >= 11 is 6.88. The third-order valence-electron chi connectivity index (χ3n) is 3.72. The molecule has 3 rings (SSSR count). The van der Waals surface area contributed by atoms with Gasteiger partial charge in [-0.3, -0.25) is 14.9 Å². The molecule has 0 bridgehead atoms. The summed E-state index contributed by atoms with van der Waals surface area (Å²) in [5, 5.41) is 13.2. The first-order chi connectivity index (χ1) is 13.8. The second kappa shape index (κ2) is 8.76. The molecule has 1 amide bonds. The van der Waals surface area contributed by atoms with Crippen LogP contribution in [0, 0.1) is 10.1 Å². The number of nitro benzene ring substituents is 1. The van der Waals surface area contributed by atoms with Gasteiger partial charge in [0.15, 0.2) is 5.16 Å². The Labute approximate surface area is 174 Å². The minimum atomic E-state index is -0.757. The molecule has 5 N–H and O–H groups in total. The number of amides is 1.